The molecular formula is C37H55N3O6. The van der Waals surface area contributed by atoms with Crippen molar-refractivity contribution in [3.63, 3.8) is 0 Å². The molecule has 9 nitrogen and oxygen atoms in total. The molecule has 0 unspecified atom stereocenters. The first kappa shape index (κ1) is 35.8. The number of likely N-dealkylation sites (tertiary alicyclic amines) is 2. The number of carbonyl (C=O) groups excluding carboxylic acids is 2. The molecular weight excluding hydrogens is 582 g/mol. The molecule has 0 radical (unpaired) electrons. The second kappa shape index (κ2) is 17.2. The lowest BCUT2D eigenvalue weighted by atomic mass is 9.88. The van der Waals surface area contributed by atoms with Crippen molar-refractivity contribution in [2.24, 2.45) is 5.92 Å². The Hall–Kier alpha value is -3.01. The molecule has 9 heteroatoms. The summed E-state index contributed by atoms with van der Waals surface area (Å²) in [4.78, 5) is 35.0. The summed E-state index contributed by atoms with van der Waals surface area (Å²) in [6.45, 7) is 11.1. The van der Waals surface area contributed by atoms with Gasteiger partial charge in [-0.1, -0.05) is 57.1 Å². The van der Waals surface area contributed by atoms with E-state index in [9.17, 15) is 19.8 Å². The van der Waals surface area contributed by atoms with Crippen LogP contribution in [0.3, 0.4) is 0 Å². The standard InChI is InChI=1S/C37H55N3O6/c1-27(32-14-7-8-21-38-32)12-11-13-28(2)35-29(3)15-16-33(37(4,44)20-17-31(41)26-34(42)46-35)45-36(43)40-24-18-30(19-25-40)39-22-9-5-6-10-23-39/h7-8,11-16,21,27,29-31,33,35,41,44H,5-6,9-10,17-20,22-26H2,1-4H3/b12-11+,16-15-,28-13+/t27-,29-,31+,33-,35+,37+/m0/s1. The van der Waals surface area contributed by atoms with Crippen molar-refractivity contribution in [1.29, 1.82) is 0 Å². The van der Waals surface area contributed by atoms with Gasteiger partial charge in [0.15, 0.2) is 6.10 Å². The number of aliphatic hydroxyl groups is 2. The lowest BCUT2D eigenvalue weighted by Gasteiger charge is -2.39. The highest BCUT2D eigenvalue weighted by atomic mass is 16.6. The normalized spacial score (nSPS) is 31.3. The number of carbonyl (C=O) groups is 2. The van der Waals surface area contributed by atoms with Crippen molar-refractivity contribution >= 4 is 12.1 Å². The molecule has 0 saturated carbocycles. The lowest BCUT2D eigenvalue weighted by Crippen LogP contribution is -2.49. The first-order valence-electron chi connectivity index (χ1n) is 17.3. The van der Waals surface area contributed by atoms with Crippen LogP contribution in [0.4, 0.5) is 4.79 Å². The van der Waals surface area contributed by atoms with E-state index in [1.165, 1.54) is 25.7 Å². The zero-order valence-corrected chi connectivity index (χ0v) is 28.2. The molecule has 3 aliphatic heterocycles. The average molecular weight is 638 g/mol. The van der Waals surface area contributed by atoms with Crippen molar-refractivity contribution in [2.75, 3.05) is 26.2 Å². The fourth-order valence-corrected chi connectivity index (χ4v) is 6.72. The van der Waals surface area contributed by atoms with Crippen molar-refractivity contribution in [1.82, 2.24) is 14.8 Å². The minimum Gasteiger partial charge on any atom is -0.457 e. The molecule has 0 aromatic carbocycles. The van der Waals surface area contributed by atoms with Crippen molar-refractivity contribution < 1.29 is 29.3 Å². The molecule has 254 valence electrons. The minimum atomic E-state index is -1.44. The average Bonchev–Trinajstić information content (AvgIpc) is 3.34. The van der Waals surface area contributed by atoms with Crippen LogP contribution in [0.2, 0.25) is 0 Å². The number of piperidine rings is 1. The van der Waals surface area contributed by atoms with E-state index in [-0.39, 0.29) is 31.1 Å². The molecule has 6 atom stereocenters. The van der Waals surface area contributed by atoms with Gasteiger partial charge in [0.25, 0.3) is 0 Å². The highest BCUT2D eigenvalue weighted by Gasteiger charge is 2.37. The fourth-order valence-electron chi connectivity index (χ4n) is 6.72. The monoisotopic (exact) mass is 637 g/mol. The van der Waals surface area contributed by atoms with E-state index in [0.717, 1.165) is 37.2 Å². The molecule has 1 aromatic rings. The summed E-state index contributed by atoms with van der Waals surface area (Å²) >= 11 is 0. The second-order valence-corrected chi connectivity index (χ2v) is 13.7. The summed E-state index contributed by atoms with van der Waals surface area (Å²) in [5.41, 5.74) is 0.349. The molecule has 0 bridgehead atoms. The van der Waals surface area contributed by atoms with Crippen molar-refractivity contribution in [2.45, 2.75) is 121 Å². The van der Waals surface area contributed by atoms with Crippen LogP contribution < -0.4 is 0 Å². The SMILES string of the molecule is C/C(=C\C=C\[C@H](C)c1ccccn1)[C@H]1OC(=O)C[C@H](O)CC[C@@](C)(O)[C@@H](OC(=O)N2CCC(N3CCCCCC3)CC2)/C=C\[C@@H]1C. The number of nitrogens with zero attached hydrogens (tertiary/aromatic N) is 3. The van der Waals surface area contributed by atoms with E-state index in [4.69, 9.17) is 9.47 Å². The number of ether oxygens (including phenoxy) is 2. The zero-order chi connectivity index (χ0) is 33.1. The number of esters is 1. The lowest BCUT2D eigenvalue weighted by molar-refractivity contribution is -0.151. The van der Waals surface area contributed by atoms with Gasteiger partial charge in [-0.3, -0.25) is 9.78 Å². The number of pyridine rings is 1. The number of hydrogen-bond acceptors (Lipinski definition) is 8. The Morgan fingerprint density at radius 3 is 2.50 bits per heavy atom. The molecule has 0 aliphatic carbocycles. The smallest absolute Gasteiger partial charge is 0.410 e. The van der Waals surface area contributed by atoms with E-state index in [0.29, 0.717) is 19.1 Å². The van der Waals surface area contributed by atoms with Gasteiger partial charge in [-0.2, -0.15) is 0 Å². The van der Waals surface area contributed by atoms with Gasteiger partial charge >= 0.3 is 12.1 Å². The van der Waals surface area contributed by atoms with E-state index in [2.05, 4.69) is 16.8 Å². The summed E-state index contributed by atoms with van der Waals surface area (Å²) in [7, 11) is 0. The molecule has 4 heterocycles. The number of amides is 1. The Morgan fingerprint density at radius 1 is 1.11 bits per heavy atom. The van der Waals surface area contributed by atoms with Gasteiger partial charge in [-0.25, -0.2) is 4.79 Å². The number of allylic oxidation sites excluding steroid dienone is 3. The molecule has 4 rings (SSSR count). The van der Waals surface area contributed by atoms with Gasteiger partial charge in [-0.05, 0) is 89.2 Å². The molecule has 2 fully saturated rings. The minimum absolute atomic E-state index is 0.106. The van der Waals surface area contributed by atoms with Crippen molar-refractivity contribution in [3.8, 4) is 0 Å². The second-order valence-electron chi connectivity index (χ2n) is 13.7. The predicted octanol–water partition coefficient (Wildman–Crippen LogP) is 5.93. The topological polar surface area (TPSA) is 112 Å². The Bertz CT molecular complexity index is 1200. The highest BCUT2D eigenvalue weighted by molar-refractivity contribution is 5.70. The summed E-state index contributed by atoms with van der Waals surface area (Å²) in [5.74, 6) is -0.683. The van der Waals surface area contributed by atoms with Crippen LogP contribution in [0.15, 0.2) is 60.3 Å². The number of cyclic esters (lactones) is 1. The molecule has 0 spiro atoms. The van der Waals surface area contributed by atoms with Gasteiger partial charge in [0.1, 0.15) is 11.7 Å². The van der Waals surface area contributed by atoms with Gasteiger partial charge in [-0.15, -0.1) is 0 Å². The Morgan fingerprint density at radius 2 is 1.83 bits per heavy atom. The first-order valence-corrected chi connectivity index (χ1v) is 17.3. The van der Waals surface area contributed by atoms with E-state index < -0.39 is 36.0 Å². The molecule has 2 saturated heterocycles. The molecule has 1 aromatic heterocycles. The quantitative estimate of drug-likeness (QED) is 0.224. The van der Waals surface area contributed by atoms with Gasteiger partial charge in [0.2, 0.25) is 0 Å². The van der Waals surface area contributed by atoms with Gasteiger partial charge in [0.05, 0.1) is 12.5 Å². The largest absolute Gasteiger partial charge is 0.457 e. The molecule has 3 aliphatic rings. The summed E-state index contributed by atoms with van der Waals surface area (Å²) in [6, 6.07) is 6.33. The number of rotatable bonds is 6. The fraction of sp³-hybridized carbons (Fsp3) is 0.649. The van der Waals surface area contributed by atoms with E-state index >= 15 is 0 Å². The molecule has 46 heavy (non-hydrogen) atoms. The third-order valence-corrected chi connectivity index (χ3v) is 9.79. The third kappa shape index (κ3) is 10.5. The Labute approximate surface area is 275 Å². The Balaban J connectivity index is 1.45. The van der Waals surface area contributed by atoms with Crippen LogP contribution in [-0.4, -0.2) is 93.2 Å². The van der Waals surface area contributed by atoms with Crippen LogP contribution in [0, 0.1) is 5.92 Å². The van der Waals surface area contributed by atoms with E-state index in [1.54, 1.807) is 24.1 Å². The predicted molar refractivity (Wildman–Crippen MR) is 179 cm³/mol. The van der Waals surface area contributed by atoms with Gasteiger partial charge < -0.3 is 29.5 Å². The van der Waals surface area contributed by atoms with Crippen LogP contribution in [0.1, 0.15) is 97.1 Å². The summed E-state index contributed by atoms with van der Waals surface area (Å²) < 4.78 is 11.9. The maximum atomic E-state index is 13.4. The van der Waals surface area contributed by atoms with Crippen molar-refractivity contribution in [3.05, 3.63) is 66.0 Å². The van der Waals surface area contributed by atoms with E-state index in [1.807, 2.05) is 56.4 Å². The van der Waals surface area contributed by atoms with Gasteiger partial charge in [0, 0.05) is 42.9 Å². The highest BCUT2D eigenvalue weighted by Crippen LogP contribution is 2.28. The Kier molecular flexibility index (Phi) is 13.4. The van der Waals surface area contributed by atoms with Crippen LogP contribution in [0.25, 0.3) is 0 Å². The number of aliphatic hydroxyl groups excluding tert-OH is 1. The maximum Gasteiger partial charge on any atom is 0.410 e. The molecule has 2 N–H and O–H groups in total. The maximum absolute atomic E-state index is 13.4. The van der Waals surface area contributed by atoms with Crippen LogP contribution in [0.5, 0.6) is 0 Å². The third-order valence-electron chi connectivity index (χ3n) is 9.79. The number of aromatic nitrogens is 1. The first-order chi connectivity index (χ1) is 22.0. The zero-order valence-electron chi connectivity index (χ0n) is 28.2. The summed E-state index contributed by atoms with van der Waals surface area (Å²) in [6.07, 6.45) is 15.3. The van der Waals surface area contributed by atoms with Crippen LogP contribution >= 0.6 is 0 Å². The number of hydrogen-bond donors (Lipinski definition) is 2. The molecule has 1 amide bonds. The van der Waals surface area contributed by atoms with Crippen LogP contribution in [-0.2, 0) is 14.3 Å². The summed E-state index contributed by atoms with van der Waals surface area (Å²) in [5, 5.41) is 22.1.